The van der Waals surface area contributed by atoms with Crippen molar-refractivity contribution in [2.75, 3.05) is 31.1 Å². The van der Waals surface area contributed by atoms with Crippen molar-refractivity contribution in [3.8, 4) is 11.3 Å². The van der Waals surface area contributed by atoms with Crippen LogP contribution in [0.3, 0.4) is 0 Å². The number of hydrogen-bond acceptors (Lipinski definition) is 4. The van der Waals surface area contributed by atoms with Gasteiger partial charge in [-0.25, -0.2) is 4.98 Å². The number of hydrogen-bond donors (Lipinski definition) is 1. The topological polar surface area (TPSA) is 69.3 Å². The number of pyridine rings is 2. The van der Waals surface area contributed by atoms with E-state index in [0.717, 1.165) is 23.4 Å². The normalized spacial score (nSPS) is 14.5. The Kier molecular flexibility index (Phi) is 6.16. The largest absolute Gasteiger partial charge is 0.417 e. The minimum atomic E-state index is -4.53. The van der Waals surface area contributed by atoms with Gasteiger partial charge in [-0.3, -0.25) is 9.59 Å². The lowest BCUT2D eigenvalue weighted by atomic mass is 10.1. The van der Waals surface area contributed by atoms with Crippen molar-refractivity contribution in [3.05, 3.63) is 80.7 Å². The molecule has 0 aliphatic carbocycles. The second-order valence-corrected chi connectivity index (χ2v) is 8.20. The highest BCUT2D eigenvalue weighted by Gasteiger charge is 2.32. The number of carbonyl (C=O) groups excluding carboxylic acids is 1. The fourth-order valence-electron chi connectivity index (χ4n) is 3.73. The highest BCUT2D eigenvalue weighted by Crippen LogP contribution is 2.33. The summed E-state index contributed by atoms with van der Waals surface area (Å²) in [4.78, 5) is 35.4. The molecule has 1 N–H and O–H groups in total. The van der Waals surface area contributed by atoms with Crippen LogP contribution in [0.2, 0.25) is 5.02 Å². The molecule has 1 aliphatic heterocycles. The third kappa shape index (κ3) is 4.88. The predicted octanol–water partition coefficient (Wildman–Crippen LogP) is 4.38. The second kappa shape index (κ2) is 8.90. The first kappa shape index (κ1) is 22.8. The number of nitrogens with one attached hydrogen (secondary N) is 1. The van der Waals surface area contributed by atoms with Gasteiger partial charge in [-0.2, -0.15) is 13.2 Å². The molecule has 172 valence electrons. The fraction of sp³-hybridized carbons (Fsp3) is 0.261. The first-order valence-corrected chi connectivity index (χ1v) is 10.6. The summed E-state index contributed by atoms with van der Waals surface area (Å²) in [5.41, 5.74) is 1.15. The summed E-state index contributed by atoms with van der Waals surface area (Å²) in [6.45, 7) is 3.15. The summed E-state index contributed by atoms with van der Waals surface area (Å²) in [5.74, 6) is -0.171. The second-order valence-electron chi connectivity index (χ2n) is 7.79. The minimum Gasteiger partial charge on any atom is -0.352 e. The van der Waals surface area contributed by atoms with Crippen molar-refractivity contribution in [2.24, 2.45) is 0 Å². The van der Waals surface area contributed by atoms with E-state index in [2.05, 4.69) is 9.97 Å². The zero-order valence-electron chi connectivity index (χ0n) is 17.6. The van der Waals surface area contributed by atoms with Gasteiger partial charge in [-0.1, -0.05) is 35.4 Å². The lowest BCUT2D eigenvalue weighted by Crippen LogP contribution is -2.50. The molecule has 3 heterocycles. The van der Waals surface area contributed by atoms with Crippen LogP contribution in [0.15, 0.2) is 53.5 Å². The van der Waals surface area contributed by atoms with E-state index < -0.39 is 23.2 Å². The first-order valence-electron chi connectivity index (χ1n) is 10.2. The Hall–Kier alpha value is -3.33. The molecule has 2 aromatic heterocycles. The molecular formula is C23H20ClF3N4O2. The molecule has 1 amide bonds. The number of H-pyrrole nitrogens is 1. The Morgan fingerprint density at radius 1 is 1.09 bits per heavy atom. The molecule has 0 radical (unpaired) electrons. The van der Waals surface area contributed by atoms with E-state index in [1.165, 1.54) is 11.0 Å². The molecule has 0 saturated carbocycles. The van der Waals surface area contributed by atoms with Gasteiger partial charge < -0.3 is 14.8 Å². The Morgan fingerprint density at radius 2 is 1.82 bits per heavy atom. The molecule has 0 unspecified atom stereocenters. The number of aromatic nitrogens is 2. The minimum absolute atomic E-state index is 0.0329. The van der Waals surface area contributed by atoms with Crippen molar-refractivity contribution in [3.63, 3.8) is 0 Å². The number of alkyl halides is 3. The van der Waals surface area contributed by atoms with Gasteiger partial charge in [0.25, 0.3) is 11.5 Å². The van der Waals surface area contributed by atoms with E-state index in [1.807, 2.05) is 31.2 Å². The molecule has 1 fully saturated rings. The molecule has 0 atom stereocenters. The van der Waals surface area contributed by atoms with Crippen molar-refractivity contribution < 1.29 is 18.0 Å². The molecule has 33 heavy (non-hydrogen) atoms. The van der Waals surface area contributed by atoms with Gasteiger partial charge in [0.15, 0.2) is 0 Å². The van der Waals surface area contributed by atoms with Crippen molar-refractivity contribution in [1.82, 2.24) is 14.9 Å². The standard InChI is InChI=1S/C23H20ClF3N4O2/c1-14-3-2-4-15(11-14)19-6-5-17(21(32)29-19)22(33)31-9-7-30(8-10-31)20-18(24)12-16(13-28-20)23(25,26)27/h2-6,11-13H,7-10H2,1H3,(H,29,32). The van der Waals surface area contributed by atoms with E-state index >= 15 is 0 Å². The van der Waals surface area contributed by atoms with Crippen LogP contribution in [0.25, 0.3) is 11.3 Å². The van der Waals surface area contributed by atoms with Crippen LogP contribution < -0.4 is 10.5 Å². The highest BCUT2D eigenvalue weighted by molar-refractivity contribution is 6.33. The Morgan fingerprint density at radius 3 is 2.42 bits per heavy atom. The number of nitrogens with zero attached hydrogens (tertiary/aromatic N) is 3. The fourth-order valence-corrected chi connectivity index (χ4v) is 4.02. The zero-order valence-corrected chi connectivity index (χ0v) is 18.4. The zero-order chi connectivity index (χ0) is 23.8. The van der Waals surface area contributed by atoms with Crippen LogP contribution in [-0.2, 0) is 6.18 Å². The molecule has 3 aromatic rings. The van der Waals surface area contributed by atoms with Crippen LogP contribution in [0.4, 0.5) is 19.0 Å². The Balaban J connectivity index is 1.45. The maximum atomic E-state index is 12.9. The van der Waals surface area contributed by atoms with Crippen LogP contribution in [-0.4, -0.2) is 47.0 Å². The molecule has 1 saturated heterocycles. The average molecular weight is 477 g/mol. The number of anilines is 1. The number of aromatic amines is 1. The van der Waals surface area contributed by atoms with Gasteiger partial charge in [-0.05, 0) is 36.8 Å². The SMILES string of the molecule is Cc1cccc(-c2ccc(C(=O)N3CCN(c4ncc(C(F)(F)F)cc4Cl)CC3)c(=O)[nH]2)c1. The summed E-state index contributed by atoms with van der Waals surface area (Å²) < 4.78 is 38.5. The van der Waals surface area contributed by atoms with Crippen LogP contribution in [0.5, 0.6) is 0 Å². The molecule has 4 rings (SSSR count). The Bertz CT molecular complexity index is 1250. The number of piperazine rings is 1. The van der Waals surface area contributed by atoms with Crippen LogP contribution in [0, 0.1) is 6.92 Å². The molecule has 1 aromatic carbocycles. The van der Waals surface area contributed by atoms with E-state index in [0.29, 0.717) is 18.8 Å². The molecule has 10 heteroatoms. The van der Waals surface area contributed by atoms with Crippen molar-refractivity contribution >= 4 is 23.3 Å². The quantitative estimate of drug-likeness (QED) is 0.609. The van der Waals surface area contributed by atoms with E-state index in [9.17, 15) is 22.8 Å². The maximum Gasteiger partial charge on any atom is 0.417 e. The monoisotopic (exact) mass is 476 g/mol. The van der Waals surface area contributed by atoms with Gasteiger partial charge in [0.2, 0.25) is 0 Å². The molecule has 6 nitrogen and oxygen atoms in total. The summed E-state index contributed by atoms with van der Waals surface area (Å²) in [6, 6.07) is 11.7. The average Bonchev–Trinajstić information content (AvgIpc) is 2.78. The summed E-state index contributed by atoms with van der Waals surface area (Å²) in [7, 11) is 0. The smallest absolute Gasteiger partial charge is 0.352 e. The number of rotatable bonds is 3. The number of amides is 1. The number of carbonyl (C=O) groups is 1. The lowest BCUT2D eigenvalue weighted by Gasteiger charge is -2.35. The van der Waals surface area contributed by atoms with Gasteiger partial charge in [-0.15, -0.1) is 0 Å². The summed E-state index contributed by atoms with van der Waals surface area (Å²) >= 11 is 6.03. The Labute approximate surface area is 192 Å². The summed E-state index contributed by atoms with van der Waals surface area (Å²) in [6.07, 6.45) is -3.78. The predicted molar refractivity (Wildman–Crippen MR) is 120 cm³/mol. The van der Waals surface area contributed by atoms with Gasteiger partial charge in [0, 0.05) is 38.1 Å². The number of aryl methyl sites for hydroxylation is 1. The molecule has 0 bridgehead atoms. The number of halogens is 4. The maximum absolute atomic E-state index is 12.9. The first-order chi connectivity index (χ1) is 15.6. The molecular weight excluding hydrogens is 457 g/mol. The highest BCUT2D eigenvalue weighted by atomic mass is 35.5. The van der Waals surface area contributed by atoms with Crippen LogP contribution >= 0.6 is 11.6 Å². The van der Waals surface area contributed by atoms with E-state index in [-0.39, 0.29) is 29.5 Å². The van der Waals surface area contributed by atoms with E-state index in [1.54, 1.807) is 11.0 Å². The summed E-state index contributed by atoms with van der Waals surface area (Å²) in [5, 5.41) is -0.104. The van der Waals surface area contributed by atoms with Crippen LogP contribution in [0.1, 0.15) is 21.5 Å². The lowest BCUT2D eigenvalue weighted by molar-refractivity contribution is -0.137. The van der Waals surface area contributed by atoms with Gasteiger partial charge >= 0.3 is 6.18 Å². The third-order valence-corrected chi connectivity index (χ3v) is 5.76. The van der Waals surface area contributed by atoms with Gasteiger partial charge in [0.1, 0.15) is 11.4 Å². The van der Waals surface area contributed by atoms with E-state index in [4.69, 9.17) is 11.6 Å². The van der Waals surface area contributed by atoms with Gasteiger partial charge in [0.05, 0.1) is 10.6 Å². The van der Waals surface area contributed by atoms with Crippen molar-refractivity contribution in [2.45, 2.75) is 13.1 Å². The molecule has 1 aliphatic rings. The third-order valence-electron chi connectivity index (χ3n) is 5.48. The number of benzene rings is 1. The molecule has 0 spiro atoms. The van der Waals surface area contributed by atoms with Crippen molar-refractivity contribution in [1.29, 1.82) is 0 Å².